The van der Waals surface area contributed by atoms with E-state index in [2.05, 4.69) is 11.0 Å². The molecule has 3 heterocycles. The molecule has 0 N–H and O–H groups in total. The molecule has 0 spiro atoms. The van der Waals surface area contributed by atoms with Gasteiger partial charge in [-0.1, -0.05) is 19.3 Å². The highest BCUT2D eigenvalue weighted by Crippen LogP contribution is 2.37. The van der Waals surface area contributed by atoms with Crippen LogP contribution in [-0.4, -0.2) is 43.1 Å². The van der Waals surface area contributed by atoms with Gasteiger partial charge in [-0.05, 0) is 56.0 Å². The van der Waals surface area contributed by atoms with Crippen molar-refractivity contribution in [2.75, 3.05) is 32.2 Å². The van der Waals surface area contributed by atoms with Crippen molar-refractivity contribution in [3.8, 4) is 11.5 Å². The summed E-state index contributed by atoms with van der Waals surface area (Å²) in [5.41, 5.74) is 1.82. The van der Waals surface area contributed by atoms with E-state index in [1.807, 2.05) is 29.2 Å². The maximum atomic E-state index is 13.8. The number of methoxy groups -OCH3 is 2. The van der Waals surface area contributed by atoms with E-state index in [0.29, 0.717) is 13.1 Å². The molecule has 0 bridgehead atoms. The highest BCUT2D eigenvalue weighted by atomic mass is 16.5. The monoisotopic (exact) mass is 477 g/mol. The number of rotatable bonds is 8. The van der Waals surface area contributed by atoms with Gasteiger partial charge in [-0.25, -0.2) is 4.98 Å². The second-order valence-electron chi connectivity index (χ2n) is 9.64. The van der Waals surface area contributed by atoms with Crippen LogP contribution in [0.3, 0.4) is 0 Å². The third-order valence-electron chi connectivity index (χ3n) is 7.36. The van der Waals surface area contributed by atoms with Crippen LogP contribution in [0.2, 0.25) is 0 Å². The predicted molar refractivity (Wildman–Crippen MR) is 136 cm³/mol. The van der Waals surface area contributed by atoms with Crippen LogP contribution in [0.5, 0.6) is 11.5 Å². The lowest BCUT2D eigenvalue weighted by atomic mass is 9.88. The van der Waals surface area contributed by atoms with Gasteiger partial charge in [0.05, 0.1) is 27.0 Å². The highest BCUT2D eigenvalue weighted by molar-refractivity contribution is 5.92. The maximum absolute atomic E-state index is 13.8. The smallest absolute Gasteiger partial charge is 0.226 e. The predicted octanol–water partition coefficient (Wildman–Crippen LogP) is 5.55. The summed E-state index contributed by atoms with van der Waals surface area (Å²) in [4.78, 5) is 23.2. The minimum absolute atomic E-state index is 0.0806. The Balaban J connectivity index is 1.57. The van der Waals surface area contributed by atoms with Crippen molar-refractivity contribution in [3.05, 3.63) is 47.9 Å². The molecule has 1 aliphatic carbocycles. The number of furan rings is 1. The van der Waals surface area contributed by atoms with Crippen molar-refractivity contribution in [2.24, 2.45) is 5.92 Å². The number of aromatic nitrogens is 1. The largest absolute Gasteiger partial charge is 0.496 e. The zero-order chi connectivity index (χ0) is 24.2. The van der Waals surface area contributed by atoms with Crippen molar-refractivity contribution in [2.45, 2.75) is 58.0 Å². The quantitative estimate of drug-likeness (QED) is 0.423. The second-order valence-corrected chi connectivity index (χ2v) is 9.64. The van der Waals surface area contributed by atoms with E-state index in [4.69, 9.17) is 18.9 Å². The lowest BCUT2D eigenvalue weighted by molar-refractivity contribution is -0.138. The average molecular weight is 478 g/mol. The van der Waals surface area contributed by atoms with Crippen molar-refractivity contribution < 1.29 is 18.7 Å². The summed E-state index contributed by atoms with van der Waals surface area (Å²) < 4.78 is 17.0. The zero-order valence-corrected chi connectivity index (χ0v) is 20.8. The van der Waals surface area contributed by atoms with Crippen LogP contribution in [0.15, 0.2) is 41.0 Å². The number of carbonyl (C=O) groups excluding carboxylic acids is 1. The SMILES string of the molecule is COc1ccc(OC)c2nc(N3CCCC3)c(CN(Cc3ccco3)C(=O)C3CCCCC3)cc12. The molecule has 0 radical (unpaired) electrons. The zero-order valence-electron chi connectivity index (χ0n) is 20.8. The molecule has 7 nitrogen and oxygen atoms in total. The standard InChI is InChI=1S/C28H35N3O4/c1-33-24-12-13-25(34-2)26-23(24)17-21(27(29-26)30-14-6-7-15-30)18-31(19-22-11-8-16-35-22)28(32)20-9-4-3-5-10-20/h8,11-13,16-17,20H,3-7,9-10,14-15,18-19H2,1-2H3. The first kappa shape index (κ1) is 23.5. The number of anilines is 1. The number of hydrogen-bond donors (Lipinski definition) is 0. The average Bonchev–Trinajstić information content (AvgIpc) is 3.62. The molecule has 1 amide bonds. The molecular weight excluding hydrogens is 442 g/mol. The Morgan fingerprint density at radius 3 is 2.46 bits per heavy atom. The summed E-state index contributed by atoms with van der Waals surface area (Å²) in [5, 5.41) is 0.896. The van der Waals surface area contributed by atoms with Crippen LogP contribution in [0.25, 0.3) is 10.9 Å². The Hall–Kier alpha value is -3.22. The maximum Gasteiger partial charge on any atom is 0.226 e. The van der Waals surface area contributed by atoms with Gasteiger partial charge in [0.2, 0.25) is 5.91 Å². The summed E-state index contributed by atoms with van der Waals surface area (Å²) in [6.07, 6.45) is 9.36. The fourth-order valence-electron chi connectivity index (χ4n) is 5.52. The Bertz CT molecular complexity index is 1150. The fourth-order valence-corrected chi connectivity index (χ4v) is 5.52. The molecule has 35 heavy (non-hydrogen) atoms. The van der Waals surface area contributed by atoms with Gasteiger partial charge < -0.3 is 23.7 Å². The molecule has 1 saturated carbocycles. The molecule has 1 aromatic carbocycles. The van der Waals surface area contributed by atoms with Crippen molar-refractivity contribution in [1.82, 2.24) is 9.88 Å². The number of fused-ring (bicyclic) bond motifs is 1. The minimum Gasteiger partial charge on any atom is -0.496 e. The highest BCUT2D eigenvalue weighted by Gasteiger charge is 2.29. The van der Waals surface area contributed by atoms with Gasteiger partial charge >= 0.3 is 0 Å². The molecule has 3 aromatic rings. The summed E-state index contributed by atoms with van der Waals surface area (Å²) >= 11 is 0. The van der Waals surface area contributed by atoms with Crippen LogP contribution in [0.1, 0.15) is 56.3 Å². The van der Waals surface area contributed by atoms with Crippen molar-refractivity contribution in [3.63, 3.8) is 0 Å². The van der Waals surface area contributed by atoms with Gasteiger partial charge in [-0.15, -0.1) is 0 Å². The van der Waals surface area contributed by atoms with Gasteiger partial charge in [-0.2, -0.15) is 0 Å². The number of ether oxygens (including phenoxy) is 2. The van der Waals surface area contributed by atoms with Crippen LogP contribution >= 0.6 is 0 Å². The summed E-state index contributed by atoms with van der Waals surface area (Å²) in [6.45, 7) is 2.86. The first-order valence-electron chi connectivity index (χ1n) is 12.8. The lowest BCUT2D eigenvalue weighted by Crippen LogP contribution is -2.36. The molecule has 5 rings (SSSR count). The Morgan fingerprint density at radius 1 is 1.03 bits per heavy atom. The minimum atomic E-state index is 0.0806. The summed E-state index contributed by atoms with van der Waals surface area (Å²) in [7, 11) is 3.34. The topological polar surface area (TPSA) is 68.0 Å². The van der Waals surface area contributed by atoms with E-state index < -0.39 is 0 Å². The van der Waals surface area contributed by atoms with E-state index in [1.165, 1.54) is 6.42 Å². The molecular formula is C28H35N3O4. The lowest BCUT2D eigenvalue weighted by Gasteiger charge is -2.30. The first-order valence-corrected chi connectivity index (χ1v) is 12.8. The Labute approximate surface area is 207 Å². The first-order chi connectivity index (χ1) is 17.2. The van der Waals surface area contributed by atoms with Crippen LogP contribution in [0.4, 0.5) is 5.82 Å². The van der Waals surface area contributed by atoms with Gasteiger partial charge in [-0.3, -0.25) is 4.79 Å². The molecule has 1 aliphatic heterocycles. The molecule has 1 saturated heterocycles. The molecule has 2 fully saturated rings. The van der Waals surface area contributed by atoms with Crippen LogP contribution in [0, 0.1) is 5.92 Å². The van der Waals surface area contributed by atoms with E-state index in [1.54, 1.807) is 20.5 Å². The van der Waals surface area contributed by atoms with Crippen molar-refractivity contribution in [1.29, 1.82) is 0 Å². The van der Waals surface area contributed by atoms with Crippen LogP contribution in [-0.2, 0) is 17.9 Å². The normalized spacial score (nSPS) is 16.6. The number of pyridine rings is 1. The number of carbonyl (C=O) groups is 1. The molecule has 2 aromatic heterocycles. The third-order valence-corrected chi connectivity index (χ3v) is 7.36. The molecule has 7 heteroatoms. The number of nitrogens with zero attached hydrogens (tertiary/aromatic N) is 3. The fraction of sp³-hybridized carbons (Fsp3) is 0.500. The third kappa shape index (κ3) is 4.95. The molecule has 2 aliphatic rings. The van der Waals surface area contributed by atoms with Gasteiger partial charge in [0.1, 0.15) is 28.6 Å². The van der Waals surface area contributed by atoms with Gasteiger partial charge in [0.15, 0.2) is 0 Å². The summed E-state index contributed by atoms with van der Waals surface area (Å²) in [5.74, 6) is 3.49. The van der Waals surface area contributed by atoms with E-state index in [-0.39, 0.29) is 11.8 Å². The van der Waals surface area contributed by atoms with Gasteiger partial charge in [0, 0.05) is 36.5 Å². The molecule has 186 valence electrons. The van der Waals surface area contributed by atoms with E-state index in [0.717, 1.165) is 91.2 Å². The van der Waals surface area contributed by atoms with E-state index >= 15 is 0 Å². The Kier molecular flexibility index (Phi) is 7.11. The Morgan fingerprint density at radius 2 is 1.77 bits per heavy atom. The molecule has 0 unspecified atom stereocenters. The molecule has 0 atom stereocenters. The number of hydrogen-bond acceptors (Lipinski definition) is 6. The van der Waals surface area contributed by atoms with E-state index in [9.17, 15) is 4.79 Å². The van der Waals surface area contributed by atoms with Crippen molar-refractivity contribution >= 4 is 22.6 Å². The second kappa shape index (κ2) is 10.6. The van der Waals surface area contributed by atoms with Crippen LogP contribution < -0.4 is 14.4 Å². The summed E-state index contributed by atoms with van der Waals surface area (Å²) in [6, 6.07) is 9.77. The number of benzene rings is 1. The number of amides is 1. The van der Waals surface area contributed by atoms with Gasteiger partial charge in [0.25, 0.3) is 0 Å².